The van der Waals surface area contributed by atoms with Gasteiger partial charge >= 0.3 is 0 Å². The Kier molecular flexibility index (Phi) is 3.75. The molecule has 1 aliphatic rings. The van der Waals surface area contributed by atoms with Crippen LogP contribution in [0.5, 0.6) is 0 Å². The molecule has 4 heteroatoms. The fourth-order valence-electron chi connectivity index (χ4n) is 2.19. The Morgan fingerprint density at radius 3 is 2.80 bits per heavy atom. The lowest BCUT2D eigenvalue weighted by Crippen LogP contribution is -2.33. The average Bonchev–Trinajstić information content (AvgIpc) is 2.80. The molecule has 3 N–H and O–H groups in total. The lowest BCUT2D eigenvalue weighted by Gasteiger charge is -2.27. The Morgan fingerprint density at radius 2 is 2.20 bits per heavy atom. The van der Waals surface area contributed by atoms with E-state index in [9.17, 15) is 0 Å². The summed E-state index contributed by atoms with van der Waals surface area (Å²) in [7, 11) is 0. The van der Waals surface area contributed by atoms with Crippen molar-refractivity contribution in [2.45, 2.75) is 38.3 Å². The van der Waals surface area contributed by atoms with Crippen molar-refractivity contribution in [1.29, 1.82) is 0 Å². The fourth-order valence-corrected chi connectivity index (χ4v) is 2.19. The summed E-state index contributed by atoms with van der Waals surface area (Å²) in [5.74, 6) is 0.537. The molecule has 0 bridgehead atoms. The first-order chi connectivity index (χ1) is 7.38. The minimum atomic E-state index is 0.354. The van der Waals surface area contributed by atoms with Crippen molar-refractivity contribution in [3.8, 4) is 0 Å². The minimum absolute atomic E-state index is 0.354. The number of H-pyrrole nitrogens is 1. The topological polar surface area (TPSA) is 60.9 Å². The molecule has 84 valence electrons. The Labute approximate surface area is 90.1 Å². The molecule has 1 heterocycles. The standard InChI is InChI=1S/C11H19N3O/c15-8-9-1-3-10(4-2-9)12-7-11-5-6-13-14-11/h5-6,9-10,12,15H,1-4,7-8H2,(H,13,14). The molecule has 1 aromatic heterocycles. The molecule has 0 saturated heterocycles. The van der Waals surface area contributed by atoms with Crippen molar-refractivity contribution in [2.75, 3.05) is 6.61 Å². The highest BCUT2D eigenvalue weighted by molar-refractivity contribution is 4.97. The zero-order valence-corrected chi connectivity index (χ0v) is 8.95. The number of nitrogens with zero attached hydrogens (tertiary/aromatic N) is 1. The van der Waals surface area contributed by atoms with E-state index in [-0.39, 0.29) is 0 Å². The second-order valence-electron chi connectivity index (χ2n) is 4.36. The number of aromatic nitrogens is 2. The number of aromatic amines is 1. The molecule has 0 aromatic carbocycles. The van der Waals surface area contributed by atoms with Crippen LogP contribution in [-0.2, 0) is 6.54 Å². The summed E-state index contributed by atoms with van der Waals surface area (Å²) in [4.78, 5) is 0. The first-order valence-electron chi connectivity index (χ1n) is 5.71. The lowest BCUT2D eigenvalue weighted by atomic mass is 9.86. The highest BCUT2D eigenvalue weighted by atomic mass is 16.3. The third kappa shape index (κ3) is 3.04. The van der Waals surface area contributed by atoms with E-state index in [2.05, 4.69) is 15.5 Å². The molecular weight excluding hydrogens is 190 g/mol. The van der Waals surface area contributed by atoms with Gasteiger partial charge in [-0.3, -0.25) is 5.10 Å². The maximum Gasteiger partial charge on any atom is 0.0490 e. The molecule has 15 heavy (non-hydrogen) atoms. The predicted octanol–water partition coefficient (Wildman–Crippen LogP) is 1.05. The first-order valence-corrected chi connectivity index (χ1v) is 5.71. The van der Waals surface area contributed by atoms with Gasteiger partial charge in [-0.2, -0.15) is 5.10 Å². The van der Waals surface area contributed by atoms with Crippen LogP contribution in [-0.4, -0.2) is 28.0 Å². The summed E-state index contributed by atoms with van der Waals surface area (Å²) in [6.45, 7) is 1.22. The van der Waals surface area contributed by atoms with Crippen molar-refractivity contribution in [3.63, 3.8) is 0 Å². The quantitative estimate of drug-likeness (QED) is 0.694. The van der Waals surface area contributed by atoms with Gasteiger partial charge in [-0.25, -0.2) is 0 Å². The summed E-state index contributed by atoms with van der Waals surface area (Å²) < 4.78 is 0. The van der Waals surface area contributed by atoms with E-state index in [4.69, 9.17) is 5.11 Å². The molecular formula is C11H19N3O. The number of hydrogen-bond acceptors (Lipinski definition) is 3. The van der Waals surface area contributed by atoms with Crippen molar-refractivity contribution < 1.29 is 5.11 Å². The maximum atomic E-state index is 9.02. The van der Waals surface area contributed by atoms with Crippen LogP contribution in [0.15, 0.2) is 12.3 Å². The molecule has 1 saturated carbocycles. The van der Waals surface area contributed by atoms with E-state index in [1.54, 1.807) is 6.20 Å². The number of hydrogen-bond donors (Lipinski definition) is 3. The largest absolute Gasteiger partial charge is 0.396 e. The van der Waals surface area contributed by atoms with Gasteiger partial charge in [-0.15, -0.1) is 0 Å². The summed E-state index contributed by atoms with van der Waals surface area (Å²) >= 11 is 0. The smallest absolute Gasteiger partial charge is 0.0490 e. The van der Waals surface area contributed by atoms with Crippen LogP contribution < -0.4 is 5.32 Å². The Balaban J connectivity index is 1.69. The van der Waals surface area contributed by atoms with Gasteiger partial charge in [-0.1, -0.05) is 0 Å². The van der Waals surface area contributed by atoms with Crippen LogP contribution in [0.4, 0.5) is 0 Å². The van der Waals surface area contributed by atoms with Crippen molar-refractivity contribution in [3.05, 3.63) is 18.0 Å². The molecule has 0 atom stereocenters. The SMILES string of the molecule is OCC1CCC(NCc2ccn[nH]2)CC1. The monoisotopic (exact) mass is 209 g/mol. The van der Waals surface area contributed by atoms with Crippen LogP contribution in [0, 0.1) is 5.92 Å². The molecule has 1 fully saturated rings. The second kappa shape index (κ2) is 5.28. The molecule has 0 aliphatic heterocycles. The summed E-state index contributed by atoms with van der Waals surface area (Å²) in [5, 5.41) is 19.4. The summed E-state index contributed by atoms with van der Waals surface area (Å²) in [6, 6.07) is 2.60. The van der Waals surface area contributed by atoms with Gasteiger partial charge < -0.3 is 10.4 Å². The fraction of sp³-hybridized carbons (Fsp3) is 0.727. The normalized spacial score (nSPS) is 26.7. The Morgan fingerprint density at radius 1 is 1.40 bits per heavy atom. The number of nitrogens with one attached hydrogen (secondary N) is 2. The highest BCUT2D eigenvalue weighted by Crippen LogP contribution is 2.23. The van der Waals surface area contributed by atoms with E-state index < -0.39 is 0 Å². The van der Waals surface area contributed by atoms with Crippen LogP contribution >= 0.6 is 0 Å². The Hall–Kier alpha value is -0.870. The molecule has 1 aromatic rings. The van der Waals surface area contributed by atoms with Crippen LogP contribution in [0.3, 0.4) is 0 Å². The number of aliphatic hydroxyl groups is 1. The van der Waals surface area contributed by atoms with Gasteiger partial charge in [0.1, 0.15) is 0 Å². The number of aliphatic hydroxyl groups excluding tert-OH is 1. The highest BCUT2D eigenvalue weighted by Gasteiger charge is 2.19. The number of rotatable bonds is 4. The third-order valence-electron chi connectivity index (χ3n) is 3.24. The van der Waals surface area contributed by atoms with Crippen LogP contribution in [0.25, 0.3) is 0 Å². The summed E-state index contributed by atoms with van der Waals surface area (Å²) in [5.41, 5.74) is 1.14. The predicted molar refractivity (Wildman–Crippen MR) is 58.3 cm³/mol. The zero-order chi connectivity index (χ0) is 10.5. The van der Waals surface area contributed by atoms with Crippen molar-refractivity contribution in [2.24, 2.45) is 5.92 Å². The maximum absolute atomic E-state index is 9.02. The van der Waals surface area contributed by atoms with Crippen molar-refractivity contribution in [1.82, 2.24) is 15.5 Å². The molecule has 0 radical (unpaired) electrons. The zero-order valence-electron chi connectivity index (χ0n) is 8.95. The third-order valence-corrected chi connectivity index (χ3v) is 3.24. The molecule has 0 unspecified atom stereocenters. The molecule has 0 amide bonds. The van der Waals surface area contributed by atoms with E-state index in [1.807, 2.05) is 6.07 Å². The molecule has 4 nitrogen and oxygen atoms in total. The van der Waals surface area contributed by atoms with Gasteiger partial charge in [-0.05, 0) is 37.7 Å². The molecule has 1 aliphatic carbocycles. The Bertz CT molecular complexity index is 265. The van der Waals surface area contributed by atoms with Gasteiger partial charge in [0.15, 0.2) is 0 Å². The van der Waals surface area contributed by atoms with E-state index in [0.29, 0.717) is 18.6 Å². The molecule has 2 rings (SSSR count). The van der Waals surface area contributed by atoms with E-state index >= 15 is 0 Å². The minimum Gasteiger partial charge on any atom is -0.396 e. The van der Waals surface area contributed by atoms with Crippen LogP contribution in [0.2, 0.25) is 0 Å². The van der Waals surface area contributed by atoms with E-state index in [0.717, 1.165) is 25.1 Å². The molecule has 0 spiro atoms. The second-order valence-corrected chi connectivity index (χ2v) is 4.36. The van der Waals surface area contributed by atoms with Crippen molar-refractivity contribution >= 4 is 0 Å². The van der Waals surface area contributed by atoms with Gasteiger partial charge in [0, 0.05) is 31.1 Å². The van der Waals surface area contributed by atoms with E-state index in [1.165, 1.54) is 12.8 Å². The summed E-state index contributed by atoms with van der Waals surface area (Å²) in [6.07, 6.45) is 6.44. The van der Waals surface area contributed by atoms with Gasteiger partial charge in [0.05, 0.1) is 0 Å². The van der Waals surface area contributed by atoms with Gasteiger partial charge in [0.2, 0.25) is 0 Å². The van der Waals surface area contributed by atoms with Gasteiger partial charge in [0.25, 0.3) is 0 Å². The average molecular weight is 209 g/mol. The lowest BCUT2D eigenvalue weighted by molar-refractivity contribution is 0.175. The first kappa shape index (κ1) is 10.6. The van der Waals surface area contributed by atoms with Crippen LogP contribution in [0.1, 0.15) is 31.4 Å².